The van der Waals surface area contributed by atoms with Crippen LogP contribution in [0.4, 0.5) is 0 Å². The van der Waals surface area contributed by atoms with Gasteiger partial charge in [0.05, 0.1) is 13.2 Å². The number of carbonyl (C=O) groups excluding carboxylic acids is 1. The molecule has 20 heavy (non-hydrogen) atoms. The zero-order valence-electron chi connectivity index (χ0n) is 12.5. The second kappa shape index (κ2) is 5.64. The third-order valence-electron chi connectivity index (χ3n) is 3.31. The SMILES string of the molecule is C[C@H]1OC(C)(C)O[C@](C)(COCc2ccccc2)C1=O. The van der Waals surface area contributed by atoms with Crippen molar-refractivity contribution in [3.05, 3.63) is 35.9 Å². The monoisotopic (exact) mass is 278 g/mol. The van der Waals surface area contributed by atoms with Gasteiger partial charge in [-0.05, 0) is 33.3 Å². The molecule has 0 N–H and O–H groups in total. The summed E-state index contributed by atoms with van der Waals surface area (Å²) in [7, 11) is 0. The van der Waals surface area contributed by atoms with Crippen LogP contribution in [0.2, 0.25) is 0 Å². The van der Waals surface area contributed by atoms with Crippen LogP contribution in [-0.2, 0) is 25.6 Å². The second-order valence-corrected chi connectivity index (χ2v) is 5.84. The van der Waals surface area contributed by atoms with Crippen LogP contribution in [0.15, 0.2) is 30.3 Å². The standard InChI is InChI=1S/C16H22O4/c1-12-14(17)16(4,20-15(2,3)19-12)11-18-10-13-8-6-5-7-9-13/h5-9,12H,10-11H2,1-4H3/t12-,16-/m1/s1. The normalized spacial score (nSPS) is 29.4. The van der Waals surface area contributed by atoms with E-state index in [2.05, 4.69) is 0 Å². The second-order valence-electron chi connectivity index (χ2n) is 5.84. The van der Waals surface area contributed by atoms with Gasteiger partial charge in [-0.15, -0.1) is 0 Å². The van der Waals surface area contributed by atoms with Gasteiger partial charge in [-0.2, -0.15) is 0 Å². The van der Waals surface area contributed by atoms with Crippen molar-refractivity contribution in [3.63, 3.8) is 0 Å². The Labute approximate surface area is 120 Å². The maximum Gasteiger partial charge on any atom is 0.195 e. The maximum atomic E-state index is 12.2. The first-order chi connectivity index (χ1) is 9.32. The third-order valence-corrected chi connectivity index (χ3v) is 3.31. The molecule has 110 valence electrons. The summed E-state index contributed by atoms with van der Waals surface area (Å²) in [5.41, 5.74) is 0.110. The molecule has 4 nitrogen and oxygen atoms in total. The van der Waals surface area contributed by atoms with Crippen molar-refractivity contribution >= 4 is 5.78 Å². The highest BCUT2D eigenvalue weighted by Gasteiger charge is 2.48. The number of Topliss-reactive ketones (excluding diaryl/α,β-unsaturated/α-hetero) is 1. The quantitative estimate of drug-likeness (QED) is 0.849. The van der Waals surface area contributed by atoms with Gasteiger partial charge in [0.25, 0.3) is 0 Å². The predicted molar refractivity (Wildman–Crippen MR) is 75.2 cm³/mol. The highest BCUT2D eigenvalue weighted by atomic mass is 16.7. The number of hydrogen-bond donors (Lipinski definition) is 0. The van der Waals surface area contributed by atoms with Gasteiger partial charge in [0, 0.05) is 0 Å². The number of rotatable bonds is 4. The molecule has 1 saturated heterocycles. The highest BCUT2D eigenvalue weighted by molar-refractivity contribution is 5.91. The number of carbonyl (C=O) groups is 1. The first-order valence-electron chi connectivity index (χ1n) is 6.86. The van der Waals surface area contributed by atoms with Crippen LogP contribution in [0, 0.1) is 0 Å². The summed E-state index contributed by atoms with van der Waals surface area (Å²) < 4.78 is 17.0. The fourth-order valence-electron chi connectivity index (χ4n) is 2.56. The minimum Gasteiger partial charge on any atom is -0.373 e. The van der Waals surface area contributed by atoms with Crippen LogP contribution in [0.1, 0.15) is 33.3 Å². The molecule has 0 aliphatic carbocycles. The van der Waals surface area contributed by atoms with Crippen molar-refractivity contribution < 1.29 is 19.0 Å². The van der Waals surface area contributed by atoms with E-state index in [1.54, 1.807) is 13.8 Å². The van der Waals surface area contributed by atoms with Crippen LogP contribution < -0.4 is 0 Å². The van der Waals surface area contributed by atoms with Crippen molar-refractivity contribution in [1.82, 2.24) is 0 Å². The number of benzene rings is 1. The van der Waals surface area contributed by atoms with E-state index in [1.165, 1.54) is 0 Å². The summed E-state index contributed by atoms with van der Waals surface area (Å²) in [5.74, 6) is -0.858. The topological polar surface area (TPSA) is 44.8 Å². The molecular weight excluding hydrogens is 256 g/mol. The van der Waals surface area contributed by atoms with E-state index in [1.807, 2.05) is 44.2 Å². The highest BCUT2D eigenvalue weighted by Crippen LogP contribution is 2.31. The fraction of sp³-hybridized carbons (Fsp3) is 0.562. The van der Waals surface area contributed by atoms with Crippen molar-refractivity contribution in [3.8, 4) is 0 Å². The molecule has 0 spiro atoms. The molecule has 2 atom stereocenters. The van der Waals surface area contributed by atoms with Crippen LogP contribution in [0.25, 0.3) is 0 Å². The zero-order valence-corrected chi connectivity index (χ0v) is 12.5. The molecule has 0 saturated carbocycles. The average Bonchev–Trinajstić information content (AvgIpc) is 2.36. The van der Waals surface area contributed by atoms with E-state index in [9.17, 15) is 4.79 Å². The van der Waals surface area contributed by atoms with Crippen molar-refractivity contribution in [2.75, 3.05) is 6.61 Å². The van der Waals surface area contributed by atoms with E-state index < -0.39 is 17.5 Å². The van der Waals surface area contributed by atoms with Gasteiger partial charge >= 0.3 is 0 Å². The number of ether oxygens (including phenoxy) is 3. The molecule has 1 aliphatic heterocycles. The molecular formula is C16H22O4. The molecule has 0 radical (unpaired) electrons. The number of ketones is 1. The molecule has 2 rings (SSSR count). The van der Waals surface area contributed by atoms with Crippen LogP contribution in [0.5, 0.6) is 0 Å². The summed E-state index contributed by atoms with van der Waals surface area (Å²) in [6.45, 7) is 7.82. The Bertz CT molecular complexity index is 469. The van der Waals surface area contributed by atoms with E-state index in [-0.39, 0.29) is 12.4 Å². The van der Waals surface area contributed by atoms with Gasteiger partial charge < -0.3 is 14.2 Å². The first-order valence-corrected chi connectivity index (χ1v) is 6.86. The minimum absolute atomic E-state index is 0.0788. The van der Waals surface area contributed by atoms with Crippen LogP contribution in [-0.4, -0.2) is 29.9 Å². The van der Waals surface area contributed by atoms with Gasteiger partial charge in [0.15, 0.2) is 17.2 Å². The van der Waals surface area contributed by atoms with E-state index in [0.29, 0.717) is 6.61 Å². The largest absolute Gasteiger partial charge is 0.373 e. The summed E-state index contributed by atoms with van der Waals surface area (Å²) >= 11 is 0. The van der Waals surface area contributed by atoms with Crippen LogP contribution in [0.3, 0.4) is 0 Å². The fourth-order valence-corrected chi connectivity index (χ4v) is 2.56. The molecule has 1 heterocycles. The summed E-state index contributed by atoms with van der Waals surface area (Å²) in [5, 5.41) is 0. The molecule has 1 aliphatic rings. The molecule has 1 aromatic carbocycles. The van der Waals surface area contributed by atoms with Crippen molar-refractivity contribution in [2.45, 2.75) is 51.8 Å². The minimum atomic E-state index is -0.962. The Balaban J connectivity index is 1.97. The smallest absolute Gasteiger partial charge is 0.195 e. The Morgan fingerprint density at radius 2 is 1.85 bits per heavy atom. The molecule has 0 bridgehead atoms. The van der Waals surface area contributed by atoms with Crippen LogP contribution >= 0.6 is 0 Å². The lowest BCUT2D eigenvalue weighted by atomic mass is 9.95. The Morgan fingerprint density at radius 3 is 2.50 bits per heavy atom. The van der Waals surface area contributed by atoms with Gasteiger partial charge in [-0.25, -0.2) is 0 Å². The lowest BCUT2D eigenvalue weighted by molar-refractivity contribution is -0.308. The molecule has 1 aromatic rings. The number of hydrogen-bond acceptors (Lipinski definition) is 4. The van der Waals surface area contributed by atoms with E-state index in [0.717, 1.165) is 5.56 Å². The summed E-state index contributed by atoms with van der Waals surface area (Å²) in [4.78, 5) is 12.2. The molecule has 4 heteroatoms. The molecule has 1 fully saturated rings. The van der Waals surface area contributed by atoms with Crippen molar-refractivity contribution in [2.24, 2.45) is 0 Å². The van der Waals surface area contributed by atoms with Gasteiger partial charge in [0.1, 0.15) is 6.10 Å². The molecule has 0 amide bonds. The Hall–Kier alpha value is -1.23. The Morgan fingerprint density at radius 1 is 1.20 bits per heavy atom. The summed E-state index contributed by atoms with van der Waals surface area (Å²) in [6, 6.07) is 9.85. The first kappa shape index (κ1) is 15.2. The zero-order chi connectivity index (χ0) is 14.8. The summed E-state index contributed by atoms with van der Waals surface area (Å²) in [6.07, 6.45) is -0.482. The van der Waals surface area contributed by atoms with E-state index in [4.69, 9.17) is 14.2 Å². The molecule has 0 aromatic heterocycles. The average molecular weight is 278 g/mol. The lowest BCUT2D eigenvalue weighted by Crippen LogP contribution is -2.59. The van der Waals surface area contributed by atoms with E-state index >= 15 is 0 Å². The predicted octanol–water partition coefficient (Wildman–Crippen LogP) is 2.70. The van der Waals surface area contributed by atoms with Gasteiger partial charge in [-0.1, -0.05) is 30.3 Å². The van der Waals surface area contributed by atoms with Gasteiger partial charge in [0.2, 0.25) is 0 Å². The van der Waals surface area contributed by atoms with Crippen molar-refractivity contribution in [1.29, 1.82) is 0 Å². The molecule has 0 unspecified atom stereocenters. The maximum absolute atomic E-state index is 12.2. The Kier molecular flexibility index (Phi) is 4.28. The van der Waals surface area contributed by atoms with Gasteiger partial charge in [-0.3, -0.25) is 4.79 Å². The third kappa shape index (κ3) is 3.45. The lowest BCUT2D eigenvalue weighted by Gasteiger charge is -2.44.